The van der Waals surface area contributed by atoms with Crippen LogP contribution in [0.2, 0.25) is 0 Å². The van der Waals surface area contributed by atoms with Crippen LogP contribution < -0.4 is 0 Å². The minimum absolute atomic E-state index is 0.174. The second kappa shape index (κ2) is 6.88. The van der Waals surface area contributed by atoms with Crippen molar-refractivity contribution in [3.05, 3.63) is 88.5 Å². The Balaban J connectivity index is 1.63. The van der Waals surface area contributed by atoms with Crippen LogP contribution in [0.15, 0.2) is 54.9 Å². The fourth-order valence-electron chi connectivity index (χ4n) is 3.41. The van der Waals surface area contributed by atoms with Gasteiger partial charge in [-0.3, -0.25) is 9.59 Å². The molecule has 0 aliphatic heterocycles. The van der Waals surface area contributed by atoms with Gasteiger partial charge in [0, 0.05) is 41.1 Å². The summed E-state index contributed by atoms with van der Waals surface area (Å²) >= 11 is 0. The zero-order valence-electron chi connectivity index (χ0n) is 15.5. The highest BCUT2D eigenvalue weighted by molar-refractivity contribution is 6.28. The number of nitrogens with zero attached hydrogens (tertiary/aromatic N) is 2. The minimum Gasteiger partial charge on any atom is -0.441 e. The third-order valence-corrected chi connectivity index (χ3v) is 4.93. The molecule has 0 radical (unpaired) electrons. The smallest absolute Gasteiger partial charge is 0.420 e. The minimum atomic E-state index is -0.593. The summed E-state index contributed by atoms with van der Waals surface area (Å²) in [5.41, 5.74) is 2.16. The fraction of sp³-hybridized carbons (Fsp3) is 0.182. The molecule has 6 nitrogen and oxygen atoms in total. The molecule has 1 aliphatic carbocycles. The molecule has 28 heavy (non-hydrogen) atoms. The van der Waals surface area contributed by atoms with E-state index < -0.39 is 12.2 Å². The third kappa shape index (κ3) is 2.83. The van der Waals surface area contributed by atoms with E-state index in [1.54, 1.807) is 61.8 Å². The van der Waals surface area contributed by atoms with E-state index >= 15 is 0 Å². The molecule has 0 spiro atoms. The lowest BCUT2D eigenvalue weighted by Crippen LogP contribution is -2.22. The molecule has 2 aromatic carbocycles. The van der Waals surface area contributed by atoms with Crippen molar-refractivity contribution in [3.63, 3.8) is 0 Å². The van der Waals surface area contributed by atoms with E-state index in [0.717, 1.165) is 0 Å². The van der Waals surface area contributed by atoms with E-state index in [9.17, 15) is 14.4 Å². The van der Waals surface area contributed by atoms with Crippen molar-refractivity contribution in [2.24, 2.45) is 0 Å². The third-order valence-electron chi connectivity index (χ3n) is 4.93. The van der Waals surface area contributed by atoms with Crippen molar-refractivity contribution in [2.75, 3.05) is 0 Å². The van der Waals surface area contributed by atoms with Gasteiger partial charge in [-0.15, -0.1) is 0 Å². The molecule has 0 saturated carbocycles. The van der Waals surface area contributed by atoms with Gasteiger partial charge in [-0.2, -0.15) is 0 Å². The monoisotopic (exact) mass is 374 g/mol. The number of benzene rings is 2. The number of carbonyl (C=O) groups is 3. The van der Waals surface area contributed by atoms with Crippen molar-refractivity contribution in [1.82, 2.24) is 9.55 Å². The van der Waals surface area contributed by atoms with Crippen LogP contribution in [0.25, 0.3) is 0 Å². The van der Waals surface area contributed by atoms with Gasteiger partial charge in [-0.05, 0) is 24.6 Å². The molecule has 3 aromatic rings. The summed E-state index contributed by atoms with van der Waals surface area (Å²) in [4.78, 5) is 42.1. The van der Waals surface area contributed by atoms with E-state index in [0.29, 0.717) is 40.1 Å². The van der Waals surface area contributed by atoms with Crippen LogP contribution in [0.4, 0.5) is 4.79 Å². The number of aryl methyl sites for hydroxylation is 1. The van der Waals surface area contributed by atoms with Gasteiger partial charge in [0.15, 0.2) is 11.6 Å². The van der Waals surface area contributed by atoms with E-state index in [4.69, 9.17) is 4.74 Å². The van der Waals surface area contributed by atoms with Gasteiger partial charge in [-0.1, -0.05) is 37.3 Å². The van der Waals surface area contributed by atoms with Crippen molar-refractivity contribution in [1.29, 1.82) is 0 Å². The summed E-state index contributed by atoms with van der Waals surface area (Å²) < 4.78 is 6.89. The number of ketones is 2. The summed E-state index contributed by atoms with van der Waals surface area (Å²) in [6.07, 6.45) is 2.58. The first-order valence-corrected chi connectivity index (χ1v) is 9.06. The topological polar surface area (TPSA) is 78.3 Å². The lowest BCUT2D eigenvalue weighted by Gasteiger charge is -2.20. The molecule has 0 N–H and O–H groups in total. The molecule has 6 heteroatoms. The summed E-state index contributed by atoms with van der Waals surface area (Å²) in [6, 6.07) is 11.8. The normalized spacial score (nSPS) is 13.6. The number of hydrogen-bond donors (Lipinski definition) is 0. The zero-order valence-corrected chi connectivity index (χ0v) is 15.5. The first-order chi connectivity index (χ1) is 13.5. The lowest BCUT2D eigenvalue weighted by atomic mass is 9.83. The summed E-state index contributed by atoms with van der Waals surface area (Å²) in [7, 11) is 0. The van der Waals surface area contributed by atoms with Gasteiger partial charge in [0.2, 0.25) is 0 Å². The Bertz CT molecular complexity index is 1110. The maximum absolute atomic E-state index is 12.8. The quantitative estimate of drug-likeness (QED) is 0.542. The maximum atomic E-state index is 12.8. The van der Waals surface area contributed by atoms with Gasteiger partial charge in [-0.25, -0.2) is 14.3 Å². The Hall–Kier alpha value is -3.54. The highest BCUT2D eigenvalue weighted by Gasteiger charge is 2.30. The highest BCUT2D eigenvalue weighted by Crippen LogP contribution is 2.30. The number of rotatable bonds is 3. The van der Waals surface area contributed by atoms with Crippen molar-refractivity contribution in [3.8, 4) is 0 Å². The van der Waals surface area contributed by atoms with E-state index in [1.807, 2.05) is 6.92 Å². The lowest BCUT2D eigenvalue weighted by molar-refractivity contribution is 0.0976. The van der Waals surface area contributed by atoms with Gasteiger partial charge < -0.3 is 4.74 Å². The van der Waals surface area contributed by atoms with Crippen molar-refractivity contribution in [2.45, 2.75) is 26.4 Å². The largest absolute Gasteiger partial charge is 0.441 e. The Morgan fingerprint density at radius 3 is 2.36 bits per heavy atom. The van der Waals surface area contributed by atoms with Gasteiger partial charge >= 0.3 is 6.09 Å². The second-order valence-corrected chi connectivity index (χ2v) is 6.60. The average molecular weight is 374 g/mol. The summed E-state index contributed by atoms with van der Waals surface area (Å²) in [5.74, 6) is 0.237. The molecule has 0 amide bonds. The molecule has 1 aromatic heterocycles. The van der Waals surface area contributed by atoms with Crippen LogP contribution in [0.3, 0.4) is 0 Å². The molecule has 0 fully saturated rings. The van der Waals surface area contributed by atoms with Gasteiger partial charge in [0.1, 0.15) is 11.9 Å². The molecule has 0 saturated heterocycles. The molecule has 1 unspecified atom stereocenters. The number of imidazole rings is 1. The van der Waals surface area contributed by atoms with Crippen LogP contribution in [-0.2, 0) is 11.2 Å². The number of fused-ring (bicyclic) bond motifs is 2. The molecule has 0 bridgehead atoms. The Morgan fingerprint density at radius 2 is 1.68 bits per heavy atom. The number of ether oxygens (including phenoxy) is 1. The van der Waals surface area contributed by atoms with Crippen LogP contribution >= 0.6 is 0 Å². The number of hydrogen-bond acceptors (Lipinski definition) is 5. The van der Waals surface area contributed by atoms with Crippen molar-refractivity contribution >= 4 is 17.7 Å². The average Bonchev–Trinajstić information content (AvgIpc) is 3.20. The molecular formula is C22H18N2O4. The van der Waals surface area contributed by atoms with Gasteiger partial charge in [0.05, 0.1) is 0 Å². The van der Waals surface area contributed by atoms with Crippen LogP contribution in [0, 0.1) is 0 Å². The number of aromatic nitrogens is 2. The van der Waals surface area contributed by atoms with Crippen molar-refractivity contribution < 1.29 is 19.1 Å². The molecule has 4 rings (SSSR count). The first kappa shape index (κ1) is 17.9. The molecular weight excluding hydrogens is 356 g/mol. The summed E-state index contributed by atoms with van der Waals surface area (Å²) in [5, 5.41) is 0. The Kier molecular flexibility index (Phi) is 4.39. The van der Waals surface area contributed by atoms with E-state index in [-0.39, 0.29) is 11.6 Å². The van der Waals surface area contributed by atoms with E-state index in [1.165, 1.54) is 4.57 Å². The maximum Gasteiger partial charge on any atom is 0.420 e. The Morgan fingerprint density at radius 1 is 1.04 bits per heavy atom. The summed E-state index contributed by atoms with van der Waals surface area (Å²) in [6.45, 7) is 3.63. The molecule has 140 valence electrons. The predicted molar refractivity (Wildman–Crippen MR) is 102 cm³/mol. The predicted octanol–water partition coefficient (Wildman–Crippen LogP) is 3.97. The van der Waals surface area contributed by atoms with Crippen LogP contribution in [0.5, 0.6) is 0 Å². The van der Waals surface area contributed by atoms with Crippen LogP contribution in [-0.4, -0.2) is 27.2 Å². The van der Waals surface area contributed by atoms with Crippen LogP contribution in [0.1, 0.15) is 63.2 Å². The Labute approximate surface area is 161 Å². The zero-order chi connectivity index (χ0) is 19.8. The molecule has 1 heterocycles. The second-order valence-electron chi connectivity index (χ2n) is 6.60. The standard InChI is InChI=1S/C22H18N2O4/c1-3-19-23-10-11-24(19)22(27)28-13(2)14-8-9-17-18(12-14)21(26)16-7-5-4-6-15(16)20(17)25/h4-13H,3H2,1-2H3. The molecule has 1 atom stereocenters. The SMILES string of the molecule is CCc1nccn1C(=O)OC(C)c1ccc2c(c1)C(=O)c1ccccc1C2=O. The fourth-order valence-corrected chi connectivity index (χ4v) is 3.41. The van der Waals surface area contributed by atoms with Gasteiger partial charge in [0.25, 0.3) is 0 Å². The van der Waals surface area contributed by atoms with E-state index in [2.05, 4.69) is 4.98 Å². The first-order valence-electron chi connectivity index (χ1n) is 9.06. The highest BCUT2D eigenvalue weighted by atomic mass is 16.6. The molecule has 1 aliphatic rings. The number of carbonyl (C=O) groups excluding carboxylic acids is 3.